The Labute approximate surface area is 74.4 Å². The maximum absolute atomic E-state index is 8.45. The van der Waals surface area contributed by atoms with Crippen LogP contribution < -0.4 is 5.32 Å². The quantitative estimate of drug-likeness (QED) is 0.659. The summed E-state index contributed by atoms with van der Waals surface area (Å²) in [5, 5.41) is 11.8. The summed E-state index contributed by atoms with van der Waals surface area (Å²) in [7, 11) is 0. The van der Waals surface area contributed by atoms with E-state index < -0.39 is 0 Å². The largest absolute Gasteiger partial charge is 0.314 e. The van der Waals surface area contributed by atoms with Crippen molar-refractivity contribution < 1.29 is 0 Å². The van der Waals surface area contributed by atoms with E-state index in [1.165, 1.54) is 0 Å². The number of nitrogens with zero attached hydrogens (tertiary/aromatic N) is 2. The molecule has 0 aliphatic carbocycles. The van der Waals surface area contributed by atoms with Gasteiger partial charge in [0.2, 0.25) is 0 Å². The van der Waals surface area contributed by atoms with Crippen molar-refractivity contribution >= 4 is 0 Å². The molecule has 12 heavy (non-hydrogen) atoms. The maximum atomic E-state index is 8.45. The van der Waals surface area contributed by atoms with Gasteiger partial charge in [0.05, 0.1) is 6.07 Å². The number of piperazine rings is 1. The van der Waals surface area contributed by atoms with Crippen molar-refractivity contribution in [3.05, 3.63) is 6.92 Å². The molecule has 0 bridgehead atoms. The van der Waals surface area contributed by atoms with Crippen LogP contribution in [0.15, 0.2) is 0 Å². The molecule has 1 saturated heterocycles. The van der Waals surface area contributed by atoms with Gasteiger partial charge in [-0.2, -0.15) is 5.26 Å². The van der Waals surface area contributed by atoms with Crippen molar-refractivity contribution in [1.82, 2.24) is 10.2 Å². The summed E-state index contributed by atoms with van der Waals surface area (Å²) in [6.07, 6.45) is 1.63. The third-order valence-electron chi connectivity index (χ3n) is 2.35. The second-order valence-corrected chi connectivity index (χ2v) is 3.09. The van der Waals surface area contributed by atoms with Gasteiger partial charge in [-0.05, 0) is 19.9 Å². The summed E-state index contributed by atoms with van der Waals surface area (Å²) in [6.45, 7) is 7.88. The first kappa shape index (κ1) is 9.50. The van der Waals surface area contributed by atoms with Gasteiger partial charge < -0.3 is 5.32 Å². The molecule has 1 fully saturated rings. The summed E-state index contributed by atoms with van der Waals surface area (Å²) in [5.41, 5.74) is 0. The molecule has 1 aliphatic heterocycles. The zero-order valence-corrected chi connectivity index (χ0v) is 7.42. The summed E-state index contributed by atoms with van der Waals surface area (Å²) in [5.74, 6) is 0. The molecule has 1 rings (SSSR count). The van der Waals surface area contributed by atoms with E-state index >= 15 is 0 Å². The van der Waals surface area contributed by atoms with Crippen molar-refractivity contribution in [2.75, 3.05) is 26.2 Å². The van der Waals surface area contributed by atoms with Gasteiger partial charge in [0.25, 0.3) is 0 Å². The number of hydrogen-bond donors (Lipinski definition) is 1. The number of nitrogens with one attached hydrogen (secondary N) is 1. The molecular formula is C9H16N3. The molecule has 0 aromatic rings. The van der Waals surface area contributed by atoms with Gasteiger partial charge in [0.1, 0.15) is 0 Å². The highest BCUT2D eigenvalue weighted by molar-refractivity contribution is 4.83. The Morgan fingerprint density at radius 3 is 3.17 bits per heavy atom. The van der Waals surface area contributed by atoms with E-state index in [9.17, 15) is 0 Å². The number of hydrogen-bond acceptors (Lipinski definition) is 3. The van der Waals surface area contributed by atoms with E-state index in [4.69, 9.17) is 5.26 Å². The fourth-order valence-electron chi connectivity index (χ4n) is 1.61. The second kappa shape index (κ2) is 5.13. The Kier molecular flexibility index (Phi) is 4.06. The van der Waals surface area contributed by atoms with E-state index in [1.807, 2.05) is 0 Å². The average Bonchev–Trinajstić information content (AvgIpc) is 2.15. The highest BCUT2D eigenvalue weighted by Crippen LogP contribution is 2.08. The third kappa shape index (κ3) is 2.47. The fourth-order valence-corrected chi connectivity index (χ4v) is 1.61. The lowest BCUT2D eigenvalue weighted by molar-refractivity contribution is 0.170. The molecule has 67 valence electrons. The van der Waals surface area contributed by atoms with Gasteiger partial charge in [-0.3, -0.25) is 4.90 Å². The molecule has 1 unspecified atom stereocenters. The van der Waals surface area contributed by atoms with Crippen molar-refractivity contribution in [2.45, 2.75) is 18.9 Å². The molecule has 1 radical (unpaired) electrons. The van der Waals surface area contributed by atoms with Crippen molar-refractivity contribution in [1.29, 1.82) is 5.26 Å². The lowest BCUT2D eigenvalue weighted by Gasteiger charge is -2.34. The van der Waals surface area contributed by atoms with E-state index in [1.54, 1.807) is 0 Å². The van der Waals surface area contributed by atoms with Crippen LogP contribution in [0.1, 0.15) is 12.8 Å². The smallest absolute Gasteiger partial charge is 0.0622 e. The average molecular weight is 166 g/mol. The maximum Gasteiger partial charge on any atom is 0.0622 e. The lowest BCUT2D eigenvalue weighted by atomic mass is 10.1. The van der Waals surface area contributed by atoms with E-state index in [-0.39, 0.29) is 0 Å². The van der Waals surface area contributed by atoms with Crippen molar-refractivity contribution in [3.63, 3.8) is 0 Å². The topological polar surface area (TPSA) is 39.1 Å². The van der Waals surface area contributed by atoms with Gasteiger partial charge >= 0.3 is 0 Å². The Hall–Kier alpha value is -0.590. The van der Waals surface area contributed by atoms with Crippen LogP contribution in [0, 0.1) is 18.3 Å². The zero-order valence-electron chi connectivity index (χ0n) is 7.42. The molecule has 3 heteroatoms. The van der Waals surface area contributed by atoms with Crippen LogP contribution in [0.5, 0.6) is 0 Å². The number of rotatable bonds is 3. The zero-order chi connectivity index (χ0) is 8.81. The molecule has 1 N–H and O–H groups in total. The van der Waals surface area contributed by atoms with Crippen LogP contribution in [-0.4, -0.2) is 37.1 Å². The van der Waals surface area contributed by atoms with Crippen molar-refractivity contribution in [2.24, 2.45) is 0 Å². The summed E-state index contributed by atoms with van der Waals surface area (Å²) in [6, 6.07) is 2.71. The Bertz CT molecular complexity index is 162. The molecule has 0 saturated carbocycles. The Morgan fingerprint density at radius 1 is 1.67 bits per heavy atom. The second-order valence-electron chi connectivity index (χ2n) is 3.09. The third-order valence-corrected chi connectivity index (χ3v) is 2.35. The number of nitriles is 1. The molecule has 0 aromatic heterocycles. The monoisotopic (exact) mass is 166 g/mol. The minimum absolute atomic E-state index is 0.524. The van der Waals surface area contributed by atoms with Gasteiger partial charge in [-0.1, -0.05) is 0 Å². The lowest BCUT2D eigenvalue weighted by Crippen LogP contribution is -2.50. The van der Waals surface area contributed by atoms with Gasteiger partial charge in [-0.25, -0.2) is 0 Å². The van der Waals surface area contributed by atoms with Crippen LogP contribution in [-0.2, 0) is 0 Å². The first-order valence-corrected chi connectivity index (χ1v) is 4.49. The minimum atomic E-state index is 0.524. The van der Waals surface area contributed by atoms with Gasteiger partial charge in [0, 0.05) is 32.1 Å². The van der Waals surface area contributed by atoms with Crippen LogP contribution in [0.3, 0.4) is 0 Å². The van der Waals surface area contributed by atoms with Gasteiger partial charge in [0.15, 0.2) is 0 Å². The summed E-state index contributed by atoms with van der Waals surface area (Å²) in [4.78, 5) is 2.34. The van der Waals surface area contributed by atoms with Crippen molar-refractivity contribution in [3.8, 4) is 6.07 Å². The molecule has 3 nitrogen and oxygen atoms in total. The SMILES string of the molecule is [CH2]CN1CCNCC1CCC#N. The molecular weight excluding hydrogens is 150 g/mol. The molecule has 0 spiro atoms. The normalized spacial score (nSPS) is 25.2. The fraction of sp³-hybridized carbons (Fsp3) is 0.778. The minimum Gasteiger partial charge on any atom is -0.314 e. The molecule has 1 heterocycles. The van der Waals surface area contributed by atoms with Crippen LogP contribution in [0.25, 0.3) is 0 Å². The predicted molar refractivity (Wildman–Crippen MR) is 48.4 cm³/mol. The first-order valence-electron chi connectivity index (χ1n) is 4.49. The molecule has 1 aliphatic rings. The predicted octanol–water partition coefficient (Wildman–Crippen LogP) is 0.398. The highest BCUT2D eigenvalue weighted by Gasteiger charge is 2.19. The van der Waals surface area contributed by atoms with E-state index in [0.29, 0.717) is 12.5 Å². The summed E-state index contributed by atoms with van der Waals surface area (Å²) >= 11 is 0. The Balaban J connectivity index is 2.32. The Morgan fingerprint density at radius 2 is 2.50 bits per heavy atom. The first-order chi connectivity index (χ1) is 5.88. The molecule has 0 amide bonds. The molecule has 1 atom stereocenters. The van der Waals surface area contributed by atoms with Crippen LogP contribution in [0.2, 0.25) is 0 Å². The summed E-state index contributed by atoms with van der Waals surface area (Å²) < 4.78 is 0. The molecule has 0 aromatic carbocycles. The van der Waals surface area contributed by atoms with Crippen LogP contribution in [0.4, 0.5) is 0 Å². The standard InChI is InChI=1S/C9H16N3/c1-2-12-7-6-11-8-9(12)4-3-5-10/h9,11H,1-4,6-8H2. The van der Waals surface area contributed by atoms with Crippen LogP contribution >= 0.6 is 0 Å². The van der Waals surface area contributed by atoms with Gasteiger partial charge in [-0.15, -0.1) is 0 Å². The highest BCUT2D eigenvalue weighted by atomic mass is 15.2. The van der Waals surface area contributed by atoms with E-state index in [0.717, 1.165) is 32.6 Å². The van der Waals surface area contributed by atoms with E-state index in [2.05, 4.69) is 23.2 Å².